The van der Waals surface area contributed by atoms with Gasteiger partial charge in [0, 0.05) is 30.8 Å². The van der Waals surface area contributed by atoms with E-state index in [0.29, 0.717) is 43.9 Å². The zero-order valence-electron chi connectivity index (χ0n) is 18.4. The van der Waals surface area contributed by atoms with Gasteiger partial charge in [-0.05, 0) is 71.7 Å². The summed E-state index contributed by atoms with van der Waals surface area (Å²) >= 11 is 0. The van der Waals surface area contributed by atoms with E-state index in [2.05, 4.69) is 38.4 Å². The van der Waals surface area contributed by atoms with Crippen LogP contribution in [0.1, 0.15) is 55.6 Å². The minimum absolute atomic E-state index is 0.0862. The van der Waals surface area contributed by atoms with E-state index in [0.717, 1.165) is 36.8 Å². The van der Waals surface area contributed by atoms with Gasteiger partial charge in [-0.3, -0.25) is 9.69 Å². The van der Waals surface area contributed by atoms with Gasteiger partial charge in [0.15, 0.2) is 5.82 Å². The standard InChI is InChI=1S/C23H30N6O3/c1-2-15-5-6-20-16(12-15)13-19(23(31)24-20)21(28-9-7-17(30)8-10-28)22-25-26-27-29(22)14-18-4-3-11-32-18/h5-6,12-13,17-18,21,30H,2-4,7-11,14H2,1H3,(H,24,31)/t18-,21-/m1/s1. The number of aliphatic hydroxyl groups is 1. The maximum atomic E-state index is 13.3. The highest BCUT2D eigenvalue weighted by Gasteiger charge is 2.33. The first-order chi connectivity index (χ1) is 15.6. The van der Waals surface area contributed by atoms with E-state index in [1.165, 1.54) is 5.56 Å². The molecule has 2 atom stereocenters. The molecule has 2 aromatic heterocycles. The van der Waals surface area contributed by atoms with Gasteiger partial charge in [-0.2, -0.15) is 0 Å². The smallest absolute Gasteiger partial charge is 0.253 e. The summed E-state index contributed by atoms with van der Waals surface area (Å²) in [6.07, 6.45) is 4.05. The van der Waals surface area contributed by atoms with Crippen LogP contribution in [0.2, 0.25) is 0 Å². The fraction of sp³-hybridized carbons (Fsp3) is 0.565. The maximum Gasteiger partial charge on any atom is 0.253 e. The van der Waals surface area contributed by atoms with Crippen LogP contribution in [0, 0.1) is 0 Å². The van der Waals surface area contributed by atoms with E-state index in [4.69, 9.17) is 4.74 Å². The van der Waals surface area contributed by atoms with Gasteiger partial charge in [0.25, 0.3) is 5.56 Å². The highest BCUT2D eigenvalue weighted by atomic mass is 16.5. The minimum Gasteiger partial charge on any atom is -0.393 e. The second kappa shape index (κ2) is 9.09. The first-order valence-corrected chi connectivity index (χ1v) is 11.6. The maximum absolute atomic E-state index is 13.3. The molecule has 3 aromatic rings. The molecule has 32 heavy (non-hydrogen) atoms. The van der Waals surface area contributed by atoms with E-state index in [9.17, 15) is 9.90 Å². The number of piperidine rings is 1. The summed E-state index contributed by atoms with van der Waals surface area (Å²) in [6, 6.07) is 7.73. The molecule has 1 aromatic carbocycles. The number of fused-ring (bicyclic) bond motifs is 1. The van der Waals surface area contributed by atoms with E-state index in [1.807, 2.05) is 18.2 Å². The molecule has 5 rings (SSSR count). The van der Waals surface area contributed by atoms with Gasteiger partial charge in [0.1, 0.15) is 6.04 Å². The van der Waals surface area contributed by atoms with Crippen molar-refractivity contribution in [2.24, 2.45) is 0 Å². The van der Waals surface area contributed by atoms with Crippen LogP contribution in [0.25, 0.3) is 10.9 Å². The number of rotatable bonds is 6. The normalized spacial score (nSPS) is 21.4. The SMILES string of the molecule is CCc1ccc2[nH]c(=O)c([C@H](c3nnnn3C[C@H]3CCCO3)N3CCC(O)CC3)cc2c1. The predicted molar refractivity (Wildman–Crippen MR) is 119 cm³/mol. The van der Waals surface area contributed by atoms with E-state index in [-0.39, 0.29) is 17.8 Å². The van der Waals surface area contributed by atoms with Gasteiger partial charge in [-0.15, -0.1) is 5.10 Å². The Morgan fingerprint density at radius 1 is 1.25 bits per heavy atom. The molecule has 0 aliphatic carbocycles. The van der Waals surface area contributed by atoms with Crippen LogP contribution in [0.3, 0.4) is 0 Å². The zero-order valence-corrected chi connectivity index (χ0v) is 18.4. The molecule has 2 N–H and O–H groups in total. The number of nitrogens with one attached hydrogen (secondary N) is 1. The van der Waals surface area contributed by atoms with Crippen LogP contribution < -0.4 is 5.56 Å². The Bertz CT molecular complexity index is 1130. The second-order valence-corrected chi connectivity index (χ2v) is 8.85. The Labute approximate surface area is 186 Å². The first kappa shape index (κ1) is 21.2. The predicted octanol–water partition coefficient (Wildman–Crippen LogP) is 1.80. The third-order valence-corrected chi connectivity index (χ3v) is 6.71. The zero-order chi connectivity index (χ0) is 22.1. The van der Waals surface area contributed by atoms with Crippen molar-refractivity contribution >= 4 is 10.9 Å². The van der Waals surface area contributed by atoms with Crippen LogP contribution in [0.15, 0.2) is 29.1 Å². The number of hydrogen-bond acceptors (Lipinski definition) is 7. The van der Waals surface area contributed by atoms with Crippen molar-refractivity contribution in [2.75, 3.05) is 19.7 Å². The van der Waals surface area contributed by atoms with Gasteiger partial charge in [0.2, 0.25) is 0 Å². The minimum atomic E-state index is -0.391. The highest BCUT2D eigenvalue weighted by molar-refractivity contribution is 5.80. The van der Waals surface area contributed by atoms with Crippen LogP contribution in [-0.2, 0) is 17.7 Å². The van der Waals surface area contributed by atoms with E-state index < -0.39 is 6.04 Å². The average molecular weight is 439 g/mol. The molecule has 0 bridgehead atoms. The summed E-state index contributed by atoms with van der Waals surface area (Å²) < 4.78 is 7.59. The van der Waals surface area contributed by atoms with Crippen molar-refractivity contribution in [3.8, 4) is 0 Å². The number of nitrogens with zero attached hydrogens (tertiary/aromatic N) is 5. The molecule has 2 fully saturated rings. The molecule has 0 radical (unpaired) electrons. The quantitative estimate of drug-likeness (QED) is 0.604. The number of likely N-dealkylation sites (tertiary alicyclic amines) is 1. The lowest BCUT2D eigenvalue weighted by Gasteiger charge is -2.35. The molecule has 9 nitrogen and oxygen atoms in total. The number of aromatic nitrogens is 5. The monoisotopic (exact) mass is 438 g/mol. The van der Waals surface area contributed by atoms with Gasteiger partial charge in [0.05, 0.1) is 18.8 Å². The molecule has 0 amide bonds. The van der Waals surface area contributed by atoms with E-state index in [1.54, 1.807) is 4.68 Å². The summed E-state index contributed by atoms with van der Waals surface area (Å²) in [6.45, 7) is 4.80. The molecule has 170 valence electrons. The largest absolute Gasteiger partial charge is 0.393 e. The highest BCUT2D eigenvalue weighted by Crippen LogP contribution is 2.30. The Hall–Kier alpha value is -2.62. The molecule has 4 heterocycles. The number of ether oxygens (including phenoxy) is 1. The molecule has 0 saturated carbocycles. The fourth-order valence-corrected chi connectivity index (χ4v) is 4.86. The van der Waals surface area contributed by atoms with Crippen molar-refractivity contribution in [3.05, 3.63) is 51.6 Å². The number of H-pyrrole nitrogens is 1. The molecule has 0 unspecified atom stereocenters. The lowest BCUT2D eigenvalue weighted by molar-refractivity contribution is 0.0632. The summed E-state index contributed by atoms with van der Waals surface area (Å²) in [5.74, 6) is 0.647. The van der Waals surface area contributed by atoms with Gasteiger partial charge < -0.3 is 14.8 Å². The van der Waals surface area contributed by atoms with Gasteiger partial charge in [-0.1, -0.05) is 13.0 Å². The number of pyridine rings is 1. The first-order valence-electron chi connectivity index (χ1n) is 11.6. The van der Waals surface area contributed by atoms with Crippen molar-refractivity contribution in [1.29, 1.82) is 0 Å². The van der Waals surface area contributed by atoms with E-state index >= 15 is 0 Å². The van der Waals surface area contributed by atoms with Crippen LogP contribution in [-0.4, -0.2) is 67.1 Å². The molecule has 9 heteroatoms. The van der Waals surface area contributed by atoms with Gasteiger partial charge in [-0.25, -0.2) is 4.68 Å². The molecular formula is C23H30N6O3. The Balaban J connectivity index is 1.59. The number of aromatic amines is 1. The summed E-state index contributed by atoms with van der Waals surface area (Å²) in [5, 5.41) is 23.6. The number of aliphatic hydroxyl groups excluding tert-OH is 1. The number of benzene rings is 1. The number of aryl methyl sites for hydroxylation is 1. The second-order valence-electron chi connectivity index (χ2n) is 8.85. The average Bonchev–Trinajstić information content (AvgIpc) is 3.48. The van der Waals surface area contributed by atoms with Crippen molar-refractivity contribution in [2.45, 2.75) is 63.8 Å². The third kappa shape index (κ3) is 4.20. The van der Waals surface area contributed by atoms with Crippen molar-refractivity contribution in [3.63, 3.8) is 0 Å². The molecule has 0 spiro atoms. The van der Waals surface area contributed by atoms with Crippen LogP contribution in [0.4, 0.5) is 0 Å². The van der Waals surface area contributed by atoms with Crippen molar-refractivity contribution in [1.82, 2.24) is 30.1 Å². The summed E-state index contributed by atoms with van der Waals surface area (Å²) in [5.41, 5.74) is 2.54. The van der Waals surface area contributed by atoms with Crippen molar-refractivity contribution < 1.29 is 9.84 Å². The van der Waals surface area contributed by atoms with Crippen LogP contribution in [0.5, 0.6) is 0 Å². The molecule has 2 aliphatic heterocycles. The Morgan fingerprint density at radius 3 is 2.84 bits per heavy atom. The van der Waals surface area contributed by atoms with Gasteiger partial charge >= 0.3 is 0 Å². The Morgan fingerprint density at radius 2 is 2.09 bits per heavy atom. The number of tetrazole rings is 1. The van der Waals surface area contributed by atoms with Crippen LogP contribution >= 0.6 is 0 Å². The molecule has 2 saturated heterocycles. The summed E-state index contributed by atoms with van der Waals surface area (Å²) in [4.78, 5) is 18.5. The third-order valence-electron chi connectivity index (χ3n) is 6.71. The molecular weight excluding hydrogens is 408 g/mol. The lowest BCUT2D eigenvalue weighted by Crippen LogP contribution is -2.42. The fourth-order valence-electron chi connectivity index (χ4n) is 4.86. The topological polar surface area (TPSA) is 109 Å². The number of hydrogen-bond donors (Lipinski definition) is 2. The Kier molecular flexibility index (Phi) is 6.03. The lowest BCUT2D eigenvalue weighted by atomic mass is 9.98. The summed E-state index contributed by atoms with van der Waals surface area (Å²) in [7, 11) is 0. The molecule has 2 aliphatic rings.